The summed E-state index contributed by atoms with van der Waals surface area (Å²) in [6, 6.07) is 5.47. The predicted octanol–water partition coefficient (Wildman–Crippen LogP) is 22.2. The third-order valence-corrected chi connectivity index (χ3v) is 13.1. The van der Waals surface area contributed by atoms with E-state index in [1.54, 1.807) is 53.8 Å². The van der Waals surface area contributed by atoms with Crippen molar-refractivity contribution in [2.24, 2.45) is 0 Å². The molecule has 0 aliphatic heterocycles. The molecule has 5 atom stereocenters. The summed E-state index contributed by atoms with van der Waals surface area (Å²) in [6.07, 6.45) is -43.4. The summed E-state index contributed by atoms with van der Waals surface area (Å²) in [6.45, 7) is -24.6. The van der Waals surface area contributed by atoms with Gasteiger partial charge in [-0.1, -0.05) is 151 Å². The fourth-order valence-corrected chi connectivity index (χ4v) is 8.15. The fourth-order valence-electron chi connectivity index (χ4n) is 8.15. The summed E-state index contributed by atoms with van der Waals surface area (Å²) in [7, 11) is 0. The number of hydrogen-bond acceptors (Lipinski definition) is 10. The van der Waals surface area contributed by atoms with Gasteiger partial charge in [-0.15, -0.1) is 0 Å². The van der Waals surface area contributed by atoms with Gasteiger partial charge in [0.1, 0.15) is 59.3 Å². The molecule has 10 aromatic rings. The zero-order valence-corrected chi connectivity index (χ0v) is 55.7. The Kier molecular flexibility index (Phi) is 17.0. The zero-order valence-electron chi connectivity index (χ0n) is 105. The van der Waals surface area contributed by atoms with E-state index >= 15 is 0 Å². The molecule has 0 aromatic heterocycles. The van der Waals surface area contributed by atoms with E-state index in [1.807, 2.05) is 0 Å². The van der Waals surface area contributed by atoms with E-state index in [0.29, 0.717) is 17.7 Å². The molecule has 0 amide bonds. The lowest BCUT2D eigenvalue weighted by Crippen LogP contribution is -2.16. The molecule has 10 nitrogen and oxygen atoms in total. The maximum absolute atomic E-state index is 13.2. The first-order valence-electron chi connectivity index (χ1n) is 55.2. The van der Waals surface area contributed by atoms with Crippen LogP contribution in [0.25, 0.3) is 0 Å². The van der Waals surface area contributed by atoms with Crippen molar-refractivity contribution >= 4 is 0 Å². The van der Waals surface area contributed by atoms with Crippen LogP contribution >= 0.6 is 0 Å². The van der Waals surface area contributed by atoms with Crippen LogP contribution in [0.1, 0.15) is 185 Å². The van der Waals surface area contributed by atoms with E-state index in [0.717, 1.165) is 36.4 Å². The first-order chi connectivity index (χ1) is 71.9. The zero-order chi connectivity index (χ0) is 122. The quantitative estimate of drug-likeness (QED) is 0.0280. The lowest BCUT2D eigenvalue weighted by Gasteiger charge is -2.20. The minimum atomic E-state index is -5.22. The predicted molar refractivity (Wildman–Crippen MR) is 399 cm³/mol. The van der Waals surface area contributed by atoms with Crippen LogP contribution in [0.2, 0.25) is 0 Å². The van der Waals surface area contributed by atoms with Crippen molar-refractivity contribution in [2.75, 3.05) is 67.5 Å². The minimum absolute atomic E-state index is 0.0428. The molecule has 25 heteroatoms. The lowest BCUT2D eigenvalue weighted by molar-refractivity contribution is -0.138. The standard InChI is InChI=1S/5C17H18F3NO/c5*1-21-12-11-16(13-5-3-2-4-6-13)22-15-9-7-14(8-10-15)17(18,19)20/h5*2-10,16,21H,11-12H2,1H3/i1D3,2D,3D,4D,5D,6D,7D,8D,9D,10D;1D3,2D,3D,4D,5D,6D,11D2,12D2;1D3,7D,8D,9D,10D,11D2,12D2;1D3,7D,8D,9D,10D;1D3,11D2,12D2. The van der Waals surface area contributed by atoms with Gasteiger partial charge in [-0.25, -0.2) is 0 Å². The molecular formula is C85H90F15N5O5. The van der Waals surface area contributed by atoms with Crippen LogP contribution in [-0.4, -0.2) is 67.5 Å². The number of ether oxygens (including phenoxy) is 5. The van der Waals surface area contributed by atoms with E-state index in [1.165, 1.54) is 53.1 Å². The summed E-state index contributed by atoms with van der Waals surface area (Å²) in [5.74, 6) is -3.23. The fraction of sp³-hybridized carbons (Fsp3) is 0.294. The number of halogens is 15. The molecule has 0 aliphatic carbocycles. The van der Waals surface area contributed by atoms with Gasteiger partial charge in [0.05, 0.1) is 58.0 Å². The summed E-state index contributed by atoms with van der Waals surface area (Å²) in [4.78, 5) is 0. The Bertz CT molecular complexity index is 6510. The third-order valence-electron chi connectivity index (χ3n) is 13.1. The summed E-state index contributed by atoms with van der Waals surface area (Å²) < 4.78 is 600. The van der Waals surface area contributed by atoms with Crippen molar-refractivity contribution in [1.82, 2.24) is 26.6 Å². The molecule has 0 saturated carbocycles. The summed E-state index contributed by atoms with van der Waals surface area (Å²) in [5.41, 5.74) is -8.07. The molecule has 0 saturated heterocycles. The van der Waals surface area contributed by atoms with Gasteiger partial charge in [0.25, 0.3) is 0 Å². The molecule has 0 bridgehead atoms. The lowest BCUT2D eigenvalue weighted by atomic mass is 10.1. The molecule has 0 fully saturated rings. The highest BCUT2D eigenvalue weighted by Crippen LogP contribution is 2.38. The highest BCUT2D eigenvalue weighted by molar-refractivity contribution is 5.35. The SMILES string of the molecule is [2H]C([2H])([2H])NC([2H])([2H])C([2H])([2H])C(Oc1ccc(C(F)(F)F)cc1)c1ccccc1.[2H]c1c([2H])c(C(F)(F)F)c([2H])c([2H])c1OC(CCNC([2H])([2H])[2H])c1ccccc1.[2H]c1c([2H])c(C(F)(F)F)c([2H])c([2H])c1OC(c1ccccc1)C([2H])([2H])C([2H])([2H])NC([2H])([2H])[2H].[2H]c1c([2H])c([2H])c(C(CCNC([2H])([2H])[2H])Oc2c([2H])c([2H])c(C(F)(F)F)c([2H])c2[2H])c([2H])c1[2H].[2H]c1c([2H])c([2H])c(C(Oc2ccc(C(F)(F)F)cc2)C([2H])([2H])C([2H])([2H])NC([2H])([2H])[2H])c([2H])c1[2H]. The molecule has 0 radical (unpaired) electrons. The number of benzene rings is 10. The first kappa shape index (κ1) is 41.3. The second kappa shape index (κ2) is 45.2. The molecule has 10 aromatic carbocycles. The second-order valence-corrected chi connectivity index (χ2v) is 20.8. The molecule has 590 valence electrons. The van der Waals surface area contributed by atoms with Gasteiger partial charge in [0.15, 0.2) is 0 Å². The first-order valence-corrected chi connectivity index (χ1v) is 30.7. The van der Waals surface area contributed by atoms with Crippen LogP contribution in [0.5, 0.6) is 28.7 Å². The Balaban J connectivity index is 0.000000303. The Morgan fingerprint density at radius 1 is 0.273 bits per heavy atom. The van der Waals surface area contributed by atoms with Crippen LogP contribution in [0.3, 0.4) is 0 Å². The molecule has 5 N–H and O–H groups in total. The smallest absolute Gasteiger partial charge is 0.416 e. The topological polar surface area (TPSA) is 106 Å². The number of alkyl halides is 15. The molecule has 110 heavy (non-hydrogen) atoms. The summed E-state index contributed by atoms with van der Waals surface area (Å²) in [5, 5.41) is 9.01. The van der Waals surface area contributed by atoms with Gasteiger partial charge in [-0.3, -0.25) is 0 Å². The third kappa shape index (κ3) is 31.9. The molecule has 5 unspecified atom stereocenters. The summed E-state index contributed by atoms with van der Waals surface area (Å²) >= 11 is 0. The van der Waals surface area contributed by atoms with Crippen molar-refractivity contribution in [3.63, 3.8) is 0 Å². The van der Waals surface area contributed by atoms with Gasteiger partial charge in [-0.2, -0.15) is 65.9 Å². The Hall–Kier alpha value is -10.1. The average molecular weight is 1600 g/mol. The van der Waals surface area contributed by atoms with Crippen molar-refractivity contribution in [3.8, 4) is 28.7 Å². The minimum Gasteiger partial charge on any atom is -0.486 e. The van der Waals surface area contributed by atoms with E-state index in [-0.39, 0.29) is 36.4 Å². The maximum atomic E-state index is 13.2. The van der Waals surface area contributed by atoms with Crippen molar-refractivity contribution in [3.05, 3.63) is 328 Å². The van der Waals surface area contributed by atoms with Crippen LogP contribution in [0.15, 0.2) is 272 Å². The van der Waals surface area contributed by atoms with E-state index < -0.39 is 336 Å². The Labute approximate surface area is 701 Å². The van der Waals surface area contributed by atoms with Gasteiger partial charge in [0.2, 0.25) is 0 Å². The number of rotatable bonds is 30. The highest BCUT2D eigenvalue weighted by Gasteiger charge is 2.34. The van der Waals surface area contributed by atoms with Gasteiger partial charge >= 0.3 is 30.9 Å². The Morgan fingerprint density at radius 3 is 0.800 bits per heavy atom. The number of hydrogen-bond donors (Lipinski definition) is 5. The van der Waals surface area contributed by atoms with Gasteiger partial charge in [-0.05, 0) is 216 Å². The maximum Gasteiger partial charge on any atom is 0.416 e. The van der Waals surface area contributed by atoms with Gasteiger partial charge < -0.3 is 50.3 Å². The van der Waals surface area contributed by atoms with E-state index in [4.69, 9.17) is 90.9 Å². The highest BCUT2D eigenvalue weighted by atomic mass is 19.4. The van der Waals surface area contributed by atoms with E-state index in [2.05, 4.69) is 10.6 Å². The second-order valence-electron chi connectivity index (χ2n) is 20.8. The average Bonchev–Trinajstić information content (AvgIpc) is 0.760. The normalized spacial score (nSPS) is 20.7. The number of nitrogens with one attached hydrogen (secondary N) is 5. The molecule has 0 heterocycles. The molecule has 0 aliphatic rings. The van der Waals surface area contributed by atoms with Crippen LogP contribution in [0, 0.1) is 0 Å². The van der Waals surface area contributed by atoms with Gasteiger partial charge in [0, 0.05) is 69.0 Å². The largest absolute Gasteiger partial charge is 0.486 e. The van der Waals surface area contributed by atoms with Crippen molar-refractivity contribution in [1.29, 1.82) is 0 Å². The van der Waals surface area contributed by atoms with Crippen LogP contribution in [0.4, 0.5) is 65.9 Å². The van der Waals surface area contributed by atoms with Crippen LogP contribution < -0.4 is 50.3 Å². The van der Waals surface area contributed by atoms with Crippen molar-refractivity contribution < 1.29 is 157 Å². The van der Waals surface area contributed by atoms with Crippen LogP contribution in [-0.2, 0) is 30.9 Å². The molecule has 10 rings (SSSR count). The monoisotopic (exact) mass is 1590 g/mol. The van der Waals surface area contributed by atoms with E-state index in [9.17, 15) is 65.9 Å². The Morgan fingerprint density at radius 2 is 0.518 bits per heavy atom. The van der Waals surface area contributed by atoms with Crippen molar-refractivity contribution in [2.45, 2.75) is 93.4 Å². The molecule has 0 spiro atoms. The molecular weight excluding hydrogens is 1460 g/mol.